The fourth-order valence-corrected chi connectivity index (χ4v) is 4.90. The molecule has 1 aromatic heterocycles. The molecule has 7 heteroatoms. The number of thiophene rings is 1. The zero-order valence-electron chi connectivity index (χ0n) is 15.5. The Bertz CT molecular complexity index is 1110. The molecule has 29 heavy (non-hydrogen) atoms. The van der Waals surface area contributed by atoms with Gasteiger partial charge in [0.25, 0.3) is 11.8 Å². The second-order valence-electron chi connectivity index (χ2n) is 6.47. The molecule has 1 aliphatic rings. The summed E-state index contributed by atoms with van der Waals surface area (Å²) in [6, 6.07) is 16.7. The summed E-state index contributed by atoms with van der Waals surface area (Å²) in [5, 5.41) is 5.52. The second kappa shape index (κ2) is 8.45. The monoisotopic (exact) mass is 440 g/mol. The van der Waals surface area contributed by atoms with E-state index >= 15 is 0 Å². The molecule has 0 aliphatic carbocycles. The molecule has 3 aromatic rings. The summed E-state index contributed by atoms with van der Waals surface area (Å²) < 4.78 is 0. The fraction of sp³-hybridized carbons (Fsp3) is 0.0909. The summed E-state index contributed by atoms with van der Waals surface area (Å²) in [6.07, 6.45) is 1.83. The van der Waals surface area contributed by atoms with Gasteiger partial charge in [0.05, 0.1) is 17.1 Å². The summed E-state index contributed by atoms with van der Waals surface area (Å²) in [4.78, 5) is 29.6. The van der Waals surface area contributed by atoms with E-state index in [4.69, 9.17) is 11.6 Å². The number of carbonyl (C=O) groups is 2. The minimum absolute atomic E-state index is 0.112. The molecule has 2 aromatic carbocycles. The van der Waals surface area contributed by atoms with Crippen LogP contribution in [0.5, 0.6) is 0 Å². The molecular formula is C22H17ClN2O2S2. The zero-order valence-corrected chi connectivity index (χ0v) is 17.9. The second-order valence-corrected chi connectivity index (χ2v) is 9.03. The van der Waals surface area contributed by atoms with Crippen molar-refractivity contribution >= 4 is 58.3 Å². The first-order chi connectivity index (χ1) is 14.0. The molecule has 1 aliphatic heterocycles. The predicted octanol–water partition coefficient (Wildman–Crippen LogP) is 5.44. The molecule has 4 rings (SSSR count). The van der Waals surface area contributed by atoms with Crippen molar-refractivity contribution in [1.29, 1.82) is 0 Å². The maximum atomic E-state index is 12.8. The number of likely N-dealkylation sites (N-methyl/N-ethyl adjacent to an activating group) is 1. The van der Waals surface area contributed by atoms with Gasteiger partial charge in [0.1, 0.15) is 0 Å². The SMILES string of the molecule is CN1C(=O)/C(=C/c2cccc(Cl)c2)Sc2ccc(C(=O)NCc3cccs3)cc21. The summed E-state index contributed by atoms with van der Waals surface area (Å²) in [5.41, 5.74) is 2.13. The average Bonchev–Trinajstić information content (AvgIpc) is 3.23. The largest absolute Gasteiger partial charge is 0.347 e. The van der Waals surface area contributed by atoms with E-state index in [-0.39, 0.29) is 11.8 Å². The van der Waals surface area contributed by atoms with Crippen LogP contribution in [0.15, 0.2) is 69.8 Å². The van der Waals surface area contributed by atoms with E-state index in [1.165, 1.54) is 11.8 Å². The van der Waals surface area contributed by atoms with Gasteiger partial charge in [-0.15, -0.1) is 11.3 Å². The van der Waals surface area contributed by atoms with Gasteiger partial charge in [-0.2, -0.15) is 0 Å². The van der Waals surface area contributed by atoms with Gasteiger partial charge in [-0.05, 0) is 53.4 Å². The number of fused-ring (bicyclic) bond motifs is 1. The van der Waals surface area contributed by atoms with Crippen LogP contribution in [0.2, 0.25) is 5.02 Å². The van der Waals surface area contributed by atoms with Gasteiger partial charge in [0.2, 0.25) is 0 Å². The first kappa shape index (κ1) is 19.8. The van der Waals surface area contributed by atoms with Crippen LogP contribution in [0.3, 0.4) is 0 Å². The van der Waals surface area contributed by atoms with Crippen LogP contribution in [0.4, 0.5) is 5.69 Å². The van der Waals surface area contributed by atoms with E-state index in [0.29, 0.717) is 22.0 Å². The molecule has 146 valence electrons. The van der Waals surface area contributed by atoms with E-state index in [1.807, 2.05) is 47.9 Å². The molecule has 0 spiro atoms. The quantitative estimate of drug-likeness (QED) is 0.549. The number of nitrogens with zero attached hydrogens (tertiary/aromatic N) is 1. The molecule has 0 unspecified atom stereocenters. The molecule has 0 saturated heterocycles. The molecular weight excluding hydrogens is 424 g/mol. The number of carbonyl (C=O) groups excluding carboxylic acids is 2. The van der Waals surface area contributed by atoms with Crippen molar-refractivity contribution in [3.63, 3.8) is 0 Å². The van der Waals surface area contributed by atoms with Crippen molar-refractivity contribution in [3.05, 3.63) is 85.9 Å². The summed E-state index contributed by atoms with van der Waals surface area (Å²) in [6.45, 7) is 0.490. The molecule has 0 saturated carbocycles. The maximum absolute atomic E-state index is 12.8. The highest BCUT2D eigenvalue weighted by molar-refractivity contribution is 8.04. The normalized spacial score (nSPS) is 14.8. The van der Waals surface area contributed by atoms with Gasteiger partial charge in [0.15, 0.2) is 0 Å². The van der Waals surface area contributed by atoms with Gasteiger partial charge < -0.3 is 10.2 Å². The lowest BCUT2D eigenvalue weighted by atomic mass is 10.1. The molecule has 0 radical (unpaired) electrons. The first-order valence-electron chi connectivity index (χ1n) is 8.89. The van der Waals surface area contributed by atoms with Crippen molar-refractivity contribution in [2.75, 3.05) is 11.9 Å². The van der Waals surface area contributed by atoms with Crippen molar-refractivity contribution in [2.45, 2.75) is 11.4 Å². The summed E-state index contributed by atoms with van der Waals surface area (Å²) >= 11 is 9.04. The molecule has 0 fully saturated rings. The van der Waals surface area contributed by atoms with Crippen molar-refractivity contribution in [3.8, 4) is 0 Å². The van der Waals surface area contributed by atoms with E-state index in [9.17, 15) is 9.59 Å². The number of halogens is 1. The standard InChI is InChI=1S/C22H17ClN2O2S2/c1-25-18-12-15(21(26)24-13-17-6-3-9-28-17)7-8-19(18)29-20(22(25)27)11-14-4-2-5-16(23)10-14/h2-12H,13H2,1H3,(H,24,26)/b20-11-. The Hall–Kier alpha value is -2.54. The molecule has 2 amide bonds. The third-order valence-corrected chi connectivity index (χ3v) is 6.66. The Morgan fingerprint density at radius 1 is 1.17 bits per heavy atom. The lowest BCUT2D eigenvalue weighted by Gasteiger charge is -2.27. The minimum atomic E-state index is -0.160. The van der Waals surface area contributed by atoms with Crippen molar-refractivity contribution in [1.82, 2.24) is 5.32 Å². The number of benzene rings is 2. The molecule has 2 heterocycles. The number of nitrogens with one attached hydrogen (secondary N) is 1. The van der Waals surface area contributed by atoms with Gasteiger partial charge in [-0.3, -0.25) is 9.59 Å². The highest BCUT2D eigenvalue weighted by Gasteiger charge is 2.27. The summed E-state index contributed by atoms with van der Waals surface area (Å²) in [5.74, 6) is -0.272. The van der Waals surface area contributed by atoms with Crippen LogP contribution in [0, 0.1) is 0 Å². The third-order valence-electron chi connectivity index (χ3n) is 4.47. The lowest BCUT2D eigenvalue weighted by Crippen LogP contribution is -2.30. The van der Waals surface area contributed by atoms with Crippen LogP contribution >= 0.6 is 34.7 Å². The number of rotatable bonds is 4. The fourth-order valence-electron chi connectivity index (χ4n) is 2.97. The molecule has 4 nitrogen and oxygen atoms in total. The Labute approximate surface area is 182 Å². The number of hydrogen-bond acceptors (Lipinski definition) is 4. The Morgan fingerprint density at radius 2 is 2.03 bits per heavy atom. The van der Waals surface area contributed by atoms with Crippen molar-refractivity contribution in [2.24, 2.45) is 0 Å². The molecule has 1 N–H and O–H groups in total. The number of anilines is 1. The van der Waals surface area contributed by atoms with Crippen LogP contribution in [0.1, 0.15) is 20.8 Å². The summed E-state index contributed by atoms with van der Waals surface area (Å²) in [7, 11) is 1.72. The van der Waals surface area contributed by atoms with Crippen LogP contribution in [-0.4, -0.2) is 18.9 Å². The van der Waals surface area contributed by atoms with Crippen LogP contribution in [0.25, 0.3) is 6.08 Å². The van der Waals surface area contributed by atoms with Crippen LogP contribution < -0.4 is 10.2 Å². The molecule has 0 bridgehead atoms. The predicted molar refractivity (Wildman–Crippen MR) is 121 cm³/mol. The van der Waals surface area contributed by atoms with E-state index in [1.54, 1.807) is 41.5 Å². The number of thioether (sulfide) groups is 1. The van der Waals surface area contributed by atoms with Crippen molar-refractivity contribution < 1.29 is 9.59 Å². The number of amides is 2. The first-order valence-corrected chi connectivity index (χ1v) is 11.0. The van der Waals surface area contributed by atoms with Gasteiger partial charge in [0, 0.05) is 27.4 Å². The highest BCUT2D eigenvalue weighted by Crippen LogP contribution is 2.42. The molecule has 0 atom stereocenters. The Morgan fingerprint density at radius 3 is 2.79 bits per heavy atom. The zero-order chi connectivity index (χ0) is 20.4. The number of hydrogen-bond donors (Lipinski definition) is 1. The minimum Gasteiger partial charge on any atom is -0.347 e. The van der Waals surface area contributed by atoms with E-state index in [2.05, 4.69) is 5.32 Å². The Kier molecular flexibility index (Phi) is 5.76. The van der Waals surface area contributed by atoms with Gasteiger partial charge in [-0.1, -0.05) is 41.6 Å². The smallest absolute Gasteiger partial charge is 0.264 e. The Balaban J connectivity index is 1.56. The van der Waals surface area contributed by atoms with Gasteiger partial charge >= 0.3 is 0 Å². The highest BCUT2D eigenvalue weighted by atomic mass is 35.5. The topological polar surface area (TPSA) is 49.4 Å². The average molecular weight is 441 g/mol. The van der Waals surface area contributed by atoms with Crippen LogP contribution in [-0.2, 0) is 11.3 Å². The maximum Gasteiger partial charge on any atom is 0.264 e. The van der Waals surface area contributed by atoms with E-state index in [0.717, 1.165) is 21.0 Å². The van der Waals surface area contributed by atoms with Gasteiger partial charge in [-0.25, -0.2) is 0 Å². The van der Waals surface area contributed by atoms with E-state index < -0.39 is 0 Å². The lowest BCUT2D eigenvalue weighted by molar-refractivity contribution is -0.114. The third kappa shape index (κ3) is 4.40.